The predicted octanol–water partition coefficient (Wildman–Crippen LogP) is 2.62. The van der Waals surface area contributed by atoms with Crippen LogP contribution in [0.5, 0.6) is 0 Å². The van der Waals surface area contributed by atoms with Crippen LogP contribution in [0.2, 0.25) is 0 Å². The number of nitrogens with one attached hydrogen (secondary N) is 1. The quantitative estimate of drug-likeness (QED) is 0.883. The number of amides is 1. The highest BCUT2D eigenvalue weighted by molar-refractivity contribution is 5.96. The number of rotatable bonds is 4. The van der Waals surface area contributed by atoms with Gasteiger partial charge in [-0.1, -0.05) is 33.3 Å². The molecule has 19 heavy (non-hydrogen) atoms. The van der Waals surface area contributed by atoms with Gasteiger partial charge in [-0.05, 0) is 24.1 Å². The molecule has 1 rings (SSSR count). The van der Waals surface area contributed by atoms with Crippen molar-refractivity contribution in [2.24, 2.45) is 0 Å². The van der Waals surface area contributed by atoms with E-state index < -0.39 is 24.2 Å². The van der Waals surface area contributed by atoms with Crippen LogP contribution in [-0.2, 0) is 11.2 Å². The fourth-order valence-electron chi connectivity index (χ4n) is 1.22. The molecule has 2 N–H and O–H groups in total. The molecule has 106 valence electrons. The molecule has 0 unspecified atom stereocenters. The smallest absolute Gasteiger partial charge is 0.322 e. The van der Waals surface area contributed by atoms with E-state index in [0.29, 0.717) is 6.42 Å². The van der Waals surface area contributed by atoms with Gasteiger partial charge in [-0.3, -0.25) is 9.59 Å². The number of benzene rings is 1. The second-order valence-corrected chi connectivity index (χ2v) is 3.95. The molecule has 0 aliphatic heterocycles. The third kappa shape index (κ3) is 6.55. The lowest BCUT2D eigenvalue weighted by Gasteiger charge is -2.05. The zero-order chi connectivity index (χ0) is 14.8. The molecule has 0 aliphatic carbocycles. The number of hydrogen-bond donors (Lipinski definition) is 2. The fourth-order valence-corrected chi connectivity index (χ4v) is 1.22. The molecular formula is C14H20FNO3. The Kier molecular flexibility index (Phi) is 8.17. The van der Waals surface area contributed by atoms with Crippen molar-refractivity contribution in [3.8, 4) is 0 Å². The lowest BCUT2D eigenvalue weighted by molar-refractivity contribution is -0.135. The van der Waals surface area contributed by atoms with Gasteiger partial charge in [-0.25, -0.2) is 4.39 Å². The molecule has 0 aliphatic rings. The van der Waals surface area contributed by atoms with E-state index in [4.69, 9.17) is 5.11 Å². The topological polar surface area (TPSA) is 66.4 Å². The molecule has 1 aromatic rings. The van der Waals surface area contributed by atoms with Crippen molar-refractivity contribution < 1.29 is 19.1 Å². The van der Waals surface area contributed by atoms with Gasteiger partial charge in [-0.2, -0.15) is 0 Å². The Morgan fingerprint density at radius 1 is 1.26 bits per heavy atom. The van der Waals surface area contributed by atoms with Crippen LogP contribution in [0.15, 0.2) is 18.2 Å². The number of carbonyl (C=O) groups is 2. The van der Waals surface area contributed by atoms with Crippen LogP contribution >= 0.6 is 0 Å². The van der Waals surface area contributed by atoms with Crippen LogP contribution in [0.4, 0.5) is 4.39 Å². The molecule has 0 aromatic heterocycles. The first-order valence-corrected chi connectivity index (χ1v) is 6.24. The zero-order valence-corrected chi connectivity index (χ0v) is 11.5. The normalized spacial score (nSPS) is 9.26. The number of carbonyl (C=O) groups excluding carboxylic acids is 1. The minimum atomic E-state index is -1.17. The minimum absolute atomic E-state index is 0.124. The van der Waals surface area contributed by atoms with Gasteiger partial charge in [0, 0.05) is 0 Å². The molecule has 0 saturated carbocycles. The van der Waals surface area contributed by atoms with Crippen LogP contribution in [0, 0.1) is 5.82 Å². The van der Waals surface area contributed by atoms with Crippen LogP contribution in [0.1, 0.15) is 43.1 Å². The lowest BCUT2D eigenvalue weighted by Crippen LogP contribution is -2.29. The third-order valence-electron chi connectivity index (χ3n) is 2.08. The minimum Gasteiger partial charge on any atom is -0.480 e. The molecule has 0 atom stereocenters. The number of carboxylic acid groups (broad SMARTS) is 1. The summed E-state index contributed by atoms with van der Waals surface area (Å²) in [5, 5.41) is 10.5. The van der Waals surface area contributed by atoms with Gasteiger partial charge in [0.25, 0.3) is 5.91 Å². The first kappa shape index (κ1) is 17.1. The molecular weight excluding hydrogens is 249 g/mol. The van der Waals surface area contributed by atoms with E-state index in [0.717, 1.165) is 5.56 Å². The van der Waals surface area contributed by atoms with Gasteiger partial charge >= 0.3 is 5.97 Å². The van der Waals surface area contributed by atoms with Gasteiger partial charge in [0.05, 0.1) is 5.56 Å². The van der Waals surface area contributed by atoms with Crippen molar-refractivity contribution in [1.82, 2.24) is 5.32 Å². The van der Waals surface area contributed by atoms with E-state index in [1.165, 1.54) is 18.6 Å². The SMILES string of the molecule is CCC.CCc1ccc(F)c(C(=O)NCC(=O)O)c1. The molecule has 1 aromatic carbocycles. The Morgan fingerprint density at radius 2 is 1.84 bits per heavy atom. The second-order valence-electron chi connectivity index (χ2n) is 3.95. The molecule has 0 heterocycles. The largest absolute Gasteiger partial charge is 0.480 e. The van der Waals surface area contributed by atoms with Crippen molar-refractivity contribution in [3.63, 3.8) is 0 Å². The second kappa shape index (κ2) is 9.08. The van der Waals surface area contributed by atoms with Gasteiger partial charge in [0.15, 0.2) is 0 Å². The highest BCUT2D eigenvalue weighted by Gasteiger charge is 2.12. The Labute approximate surface area is 112 Å². The van der Waals surface area contributed by atoms with Crippen molar-refractivity contribution in [3.05, 3.63) is 35.1 Å². The Balaban J connectivity index is 0.000000982. The van der Waals surface area contributed by atoms with Crippen LogP contribution in [0.3, 0.4) is 0 Å². The highest BCUT2D eigenvalue weighted by atomic mass is 19.1. The maximum absolute atomic E-state index is 13.3. The number of carboxylic acids is 1. The van der Waals surface area contributed by atoms with E-state index in [2.05, 4.69) is 19.2 Å². The summed E-state index contributed by atoms with van der Waals surface area (Å²) in [5.74, 6) is -2.53. The summed E-state index contributed by atoms with van der Waals surface area (Å²) in [6.45, 7) is 5.61. The van der Waals surface area contributed by atoms with Gasteiger partial charge in [0.2, 0.25) is 0 Å². The van der Waals surface area contributed by atoms with E-state index in [-0.39, 0.29) is 5.56 Å². The van der Waals surface area contributed by atoms with Gasteiger partial charge in [0.1, 0.15) is 12.4 Å². The van der Waals surface area contributed by atoms with Crippen LogP contribution in [0.25, 0.3) is 0 Å². The monoisotopic (exact) mass is 269 g/mol. The summed E-state index contributed by atoms with van der Waals surface area (Å²) in [4.78, 5) is 21.7. The van der Waals surface area contributed by atoms with Gasteiger partial charge in [-0.15, -0.1) is 0 Å². The molecule has 0 spiro atoms. The van der Waals surface area contributed by atoms with Crippen molar-refractivity contribution in [2.45, 2.75) is 33.6 Å². The van der Waals surface area contributed by atoms with E-state index in [1.54, 1.807) is 6.07 Å². The zero-order valence-electron chi connectivity index (χ0n) is 11.5. The van der Waals surface area contributed by atoms with E-state index in [1.807, 2.05) is 6.92 Å². The molecule has 0 saturated heterocycles. The van der Waals surface area contributed by atoms with Gasteiger partial charge < -0.3 is 10.4 Å². The average molecular weight is 269 g/mol. The Bertz CT molecular complexity index is 433. The van der Waals surface area contributed by atoms with Crippen molar-refractivity contribution in [2.75, 3.05) is 6.54 Å². The molecule has 0 fully saturated rings. The molecule has 0 radical (unpaired) electrons. The third-order valence-corrected chi connectivity index (χ3v) is 2.08. The number of halogens is 1. The van der Waals surface area contributed by atoms with Crippen molar-refractivity contribution >= 4 is 11.9 Å². The lowest BCUT2D eigenvalue weighted by atomic mass is 10.1. The Morgan fingerprint density at radius 3 is 2.32 bits per heavy atom. The first-order chi connectivity index (χ1) is 8.96. The predicted molar refractivity (Wildman–Crippen MR) is 71.7 cm³/mol. The molecule has 4 nitrogen and oxygen atoms in total. The number of aryl methyl sites for hydroxylation is 1. The standard InChI is InChI=1S/C11H12FNO3.C3H8/c1-2-7-3-4-9(12)8(5-7)11(16)13-6-10(14)15;1-3-2/h3-5H,2,6H2,1H3,(H,13,16)(H,14,15);3H2,1-2H3. The summed E-state index contributed by atoms with van der Waals surface area (Å²) >= 11 is 0. The van der Waals surface area contributed by atoms with E-state index >= 15 is 0 Å². The maximum Gasteiger partial charge on any atom is 0.322 e. The van der Waals surface area contributed by atoms with Crippen LogP contribution in [-0.4, -0.2) is 23.5 Å². The first-order valence-electron chi connectivity index (χ1n) is 6.24. The average Bonchev–Trinajstić information content (AvgIpc) is 2.37. The summed E-state index contributed by atoms with van der Waals surface area (Å²) in [6, 6.07) is 4.21. The fraction of sp³-hybridized carbons (Fsp3) is 0.429. The molecule has 5 heteroatoms. The number of aliphatic carboxylic acids is 1. The summed E-state index contributed by atoms with van der Waals surface area (Å²) in [7, 11) is 0. The summed E-state index contributed by atoms with van der Waals surface area (Å²) in [6.07, 6.45) is 1.93. The molecule has 0 bridgehead atoms. The van der Waals surface area contributed by atoms with Crippen LogP contribution < -0.4 is 5.32 Å². The molecule has 1 amide bonds. The highest BCUT2D eigenvalue weighted by Crippen LogP contribution is 2.11. The Hall–Kier alpha value is -1.91. The number of hydrogen-bond acceptors (Lipinski definition) is 2. The maximum atomic E-state index is 13.3. The van der Waals surface area contributed by atoms with E-state index in [9.17, 15) is 14.0 Å². The van der Waals surface area contributed by atoms with Crippen molar-refractivity contribution in [1.29, 1.82) is 0 Å². The summed E-state index contributed by atoms with van der Waals surface area (Å²) < 4.78 is 13.3. The summed E-state index contributed by atoms with van der Waals surface area (Å²) in [5.41, 5.74) is 0.697.